The summed E-state index contributed by atoms with van der Waals surface area (Å²) in [6, 6.07) is 11.1. The van der Waals surface area contributed by atoms with E-state index >= 15 is 0 Å². The minimum absolute atomic E-state index is 0.0260. The number of amides is 2. The normalized spacial score (nSPS) is 25.3. The van der Waals surface area contributed by atoms with Crippen LogP contribution in [0.15, 0.2) is 30.3 Å². The highest BCUT2D eigenvalue weighted by atomic mass is 16.3. The Kier molecular flexibility index (Phi) is 6.32. The van der Waals surface area contributed by atoms with E-state index in [1.54, 1.807) is 0 Å². The Hall–Kier alpha value is -1.59. The zero-order valence-corrected chi connectivity index (χ0v) is 15.2. The Morgan fingerprint density at radius 1 is 1.28 bits per heavy atom. The van der Waals surface area contributed by atoms with E-state index in [1.807, 2.05) is 11.8 Å². The van der Waals surface area contributed by atoms with Crippen molar-refractivity contribution in [1.29, 1.82) is 0 Å². The van der Waals surface area contributed by atoms with Gasteiger partial charge in [-0.25, -0.2) is 4.79 Å². The molecule has 3 rings (SSSR count). The first-order chi connectivity index (χ1) is 12.1. The highest BCUT2D eigenvalue weighted by Gasteiger charge is 2.30. The fourth-order valence-electron chi connectivity index (χ4n) is 4.02. The van der Waals surface area contributed by atoms with E-state index in [0.29, 0.717) is 12.6 Å². The number of likely N-dealkylation sites (tertiary alicyclic amines) is 2. The molecule has 1 aromatic carbocycles. The third-order valence-corrected chi connectivity index (χ3v) is 5.71. The Bertz CT molecular complexity index is 549. The minimum Gasteiger partial charge on any atom is -0.393 e. The molecule has 5 heteroatoms. The molecule has 2 heterocycles. The average molecular weight is 345 g/mol. The second-order valence-corrected chi connectivity index (χ2v) is 7.49. The van der Waals surface area contributed by atoms with Crippen molar-refractivity contribution in [3.05, 3.63) is 35.9 Å². The highest BCUT2D eigenvalue weighted by Crippen LogP contribution is 2.20. The molecule has 0 aliphatic carbocycles. The molecule has 0 aromatic heterocycles. The maximum Gasteiger partial charge on any atom is 0.317 e. The summed E-state index contributed by atoms with van der Waals surface area (Å²) in [7, 11) is 0. The van der Waals surface area contributed by atoms with Crippen molar-refractivity contribution in [3.63, 3.8) is 0 Å². The van der Waals surface area contributed by atoms with E-state index in [1.165, 1.54) is 12.0 Å². The van der Waals surface area contributed by atoms with E-state index in [2.05, 4.69) is 40.5 Å². The van der Waals surface area contributed by atoms with Crippen molar-refractivity contribution < 1.29 is 9.90 Å². The molecule has 5 nitrogen and oxygen atoms in total. The average Bonchev–Trinajstić information content (AvgIpc) is 3.28. The second kappa shape index (κ2) is 8.68. The number of carbonyl (C=O) groups is 1. The number of urea groups is 1. The van der Waals surface area contributed by atoms with Crippen molar-refractivity contribution in [2.24, 2.45) is 5.92 Å². The molecule has 0 bridgehead atoms. The van der Waals surface area contributed by atoms with Gasteiger partial charge in [0, 0.05) is 38.1 Å². The van der Waals surface area contributed by atoms with Crippen LogP contribution in [0.3, 0.4) is 0 Å². The van der Waals surface area contributed by atoms with Crippen LogP contribution < -0.4 is 5.32 Å². The highest BCUT2D eigenvalue weighted by molar-refractivity contribution is 5.74. The molecule has 25 heavy (non-hydrogen) atoms. The standard InChI is InChI=1S/C20H31N3O2/c1-16(24)18-10-13-23(15-18)20(25)21-14-19-8-5-11-22(19)12-9-17-6-3-2-4-7-17/h2-4,6-7,16,18-19,24H,5,8-15H2,1H3,(H,21,25)/t16-,18-,19+/m0/s1. The van der Waals surface area contributed by atoms with E-state index < -0.39 is 0 Å². The van der Waals surface area contributed by atoms with E-state index in [0.717, 1.165) is 45.4 Å². The number of hydrogen-bond acceptors (Lipinski definition) is 3. The van der Waals surface area contributed by atoms with Crippen LogP contribution in [0.25, 0.3) is 0 Å². The molecule has 138 valence electrons. The van der Waals surface area contributed by atoms with Gasteiger partial charge >= 0.3 is 6.03 Å². The van der Waals surface area contributed by atoms with Crippen LogP contribution >= 0.6 is 0 Å². The summed E-state index contributed by atoms with van der Waals surface area (Å²) in [6.07, 6.45) is 4.00. The van der Waals surface area contributed by atoms with Crippen LogP contribution in [0.4, 0.5) is 4.79 Å². The van der Waals surface area contributed by atoms with Gasteiger partial charge in [-0.3, -0.25) is 4.90 Å². The molecule has 2 saturated heterocycles. The lowest BCUT2D eigenvalue weighted by atomic mass is 10.0. The molecule has 2 amide bonds. The molecule has 0 unspecified atom stereocenters. The Morgan fingerprint density at radius 2 is 2.08 bits per heavy atom. The van der Waals surface area contributed by atoms with Gasteiger partial charge in [0.05, 0.1) is 6.10 Å². The fourth-order valence-corrected chi connectivity index (χ4v) is 4.02. The molecule has 1 aromatic rings. The first-order valence-electron chi connectivity index (χ1n) is 9.62. The van der Waals surface area contributed by atoms with Crippen LogP contribution in [-0.2, 0) is 6.42 Å². The fraction of sp³-hybridized carbons (Fsp3) is 0.650. The zero-order chi connectivity index (χ0) is 17.6. The number of hydrogen-bond donors (Lipinski definition) is 2. The predicted octanol–water partition coefficient (Wildman–Crippen LogP) is 2.11. The maximum atomic E-state index is 12.4. The van der Waals surface area contributed by atoms with Crippen molar-refractivity contribution >= 4 is 6.03 Å². The van der Waals surface area contributed by atoms with E-state index in [-0.39, 0.29) is 18.1 Å². The van der Waals surface area contributed by atoms with Crippen molar-refractivity contribution in [1.82, 2.24) is 15.1 Å². The van der Waals surface area contributed by atoms with Crippen LogP contribution in [0.2, 0.25) is 0 Å². The van der Waals surface area contributed by atoms with Gasteiger partial charge in [0.2, 0.25) is 0 Å². The Morgan fingerprint density at radius 3 is 2.80 bits per heavy atom. The molecular formula is C20H31N3O2. The molecule has 0 radical (unpaired) electrons. The minimum atomic E-state index is -0.332. The van der Waals surface area contributed by atoms with Gasteiger partial charge in [-0.1, -0.05) is 30.3 Å². The number of rotatable bonds is 6. The van der Waals surface area contributed by atoms with Gasteiger partial charge < -0.3 is 15.3 Å². The monoisotopic (exact) mass is 345 g/mol. The summed E-state index contributed by atoms with van der Waals surface area (Å²) in [6.45, 7) is 6.15. The Labute approximate surface area is 151 Å². The van der Waals surface area contributed by atoms with Gasteiger partial charge in [0.1, 0.15) is 0 Å². The van der Waals surface area contributed by atoms with Crippen molar-refractivity contribution in [3.8, 4) is 0 Å². The molecule has 0 saturated carbocycles. The van der Waals surface area contributed by atoms with Gasteiger partial charge in [-0.15, -0.1) is 0 Å². The van der Waals surface area contributed by atoms with Gasteiger partial charge in [-0.2, -0.15) is 0 Å². The van der Waals surface area contributed by atoms with Crippen molar-refractivity contribution in [2.45, 2.75) is 44.8 Å². The van der Waals surface area contributed by atoms with Crippen LogP contribution in [0.5, 0.6) is 0 Å². The lowest BCUT2D eigenvalue weighted by Gasteiger charge is -2.26. The van der Waals surface area contributed by atoms with Crippen LogP contribution in [0.1, 0.15) is 31.7 Å². The third-order valence-electron chi connectivity index (χ3n) is 5.71. The number of nitrogens with one attached hydrogen (secondary N) is 1. The molecular weight excluding hydrogens is 314 g/mol. The van der Waals surface area contributed by atoms with Crippen LogP contribution in [-0.4, -0.2) is 65.8 Å². The summed E-state index contributed by atoms with van der Waals surface area (Å²) in [4.78, 5) is 16.7. The lowest BCUT2D eigenvalue weighted by Crippen LogP contribution is -2.45. The first-order valence-corrected chi connectivity index (χ1v) is 9.62. The number of benzene rings is 1. The number of nitrogens with zero attached hydrogens (tertiary/aromatic N) is 2. The van der Waals surface area contributed by atoms with E-state index in [4.69, 9.17) is 0 Å². The molecule has 2 aliphatic heterocycles. The van der Waals surface area contributed by atoms with Crippen LogP contribution in [0, 0.1) is 5.92 Å². The quantitative estimate of drug-likeness (QED) is 0.830. The third kappa shape index (κ3) is 4.95. The molecule has 2 fully saturated rings. The zero-order valence-electron chi connectivity index (χ0n) is 15.2. The maximum absolute atomic E-state index is 12.4. The summed E-state index contributed by atoms with van der Waals surface area (Å²) in [5.41, 5.74) is 1.37. The van der Waals surface area contributed by atoms with Gasteiger partial charge in [-0.05, 0) is 44.7 Å². The molecule has 2 N–H and O–H groups in total. The summed E-state index contributed by atoms with van der Waals surface area (Å²) in [5.74, 6) is 0.222. The first kappa shape index (κ1) is 18.2. The molecule has 3 atom stereocenters. The predicted molar refractivity (Wildman–Crippen MR) is 99.5 cm³/mol. The van der Waals surface area contributed by atoms with Crippen molar-refractivity contribution in [2.75, 3.05) is 32.7 Å². The topological polar surface area (TPSA) is 55.8 Å². The number of carbonyl (C=O) groups excluding carboxylic acids is 1. The van der Waals surface area contributed by atoms with E-state index in [9.17, 15) is 9.90 Å². The largest absolute Gasteiger partial charge is 0.393 e. The Balaban J connectivity index is 1.42. The SMILES string of the molecule is C[C@H](O)[C@H]1CCN(C(=O)NC[C@H]2CCCN2CCc2ccccc2)C1. The van der Waals surface area contributed by atoms with Gasteiger partial charge in [0.25, 0.3) is 0 Å². The second-order valence-electron chi connectivity index (χ2n) is 7.49. The number of aliphatic hydroxyl groups is 1. The number of aliphatic hydroxyl groups excluding tert-OH is 1. The molecule has 0 spiro atoms. The lowest BCUT2D eigenvalue weighted by molar-refractivity contribution is 0.129. The summed E-state index contributed by atoms with van der Waals surface area (Å²) in [5, 5.41) is 12.8. The van der Waals surface area contributed by atoms with Gasteiger partial charge in [0.15, 0.2) is 0 Å². The summed E-state index contributed by atoms with van der Waals surface area (Å²) < 4.78 is 0. The smallest absolute Gasteiger partial charge is 0.317 e. The summed E-state index contributed by atoms with van der Waals surface area (Å²) >= 11 is 0. The molecule has 2 aliphatic rings.